The molecule has 2 aromatic rings. The van der Waals surface area contributed by atoms with Gasteiger partial charge in [-0.05, 0) is 48.4 Å². The number of carbonyl (C=O) groups excluding carboxylic acids is 1. The van der Waals surface area contributed by atoms with Gasteiger partial charge in [0.05, 0.1) is 17.6 Å². The minimum absolute atomic E-state index is 0.343. The van der Waals surface area contributed by atoms with E-state index in [1.165, 1.54) is 11.4 Å². The van der Waals surface area contributed by atoms with Gasteiger partial charge in [-0.2, -0.15) is 4.31 Å². The molecule has 1 aliphatic heterocycles. The van der Waals surface area contributed by atoms with Gasteiger partial charge in [0.1, 0.15) is 0 Å². The van der Waals surface area contributed by atoms with E-state index in [9.17, 15) is 13.2 Å². The summed E-state index contributed by atoms with van der Waals surface area (Å²) in [5.41, 5.74) is 2.58. The maximum Gasteiger partial charge on any atom is 0.337 e. The Labute approximate surface area is 160 Å². The lowest BCUT2D eigenvalue weighted by Crippen LogP contribution is -2.48. The van der Waals surface area contributed by atoms with Gasteiger partial charge in [0.15, 0.2) is 0 Å². The average molecular weight is 388 g/mol. The van der Waals surface area contributed by atoms with Crippen LogP contribution in [-0.2, 0) is 21.2 Å². The van der Waals surface area contributed by atoms with E-state index in [-0.39, 0.29) is 5.97 Å². The Kier molecular flexibility index (Phi) is 5.82. The lowest BCUT2D eigenvalue weighted by atomic mass is 10.2. The minimum Gasteiger partial charge on any atom is -0.465 e. The molecule has 0 bridgehead atoms. The standard InChI is InChI=1S/C20H24N2O4S/c1-3-16-4-10-19(11-5-16)27(24,25)22-14-12-21(13-15-22)18-8-6-17(7-9-18)20(23)26-2/h4-11H,3,12-15H2,1-2H3. The van der Waals surface area contributed by atoms with Crippen molar-refractivity contribution in [1.82, 2.24) is 4.31 Å². The van der Waals surface area contributed by atoms with Crippen molar-refractivity contribution in [1.29, 1.82) is 0 Å². The highest BCUT2D eigenvalue weighted by molar-refractivity contribution is 7.89. The maximum atomic E-state index is 12.8. The first kappa shape index (κ1) is 19.4. The first-order valence-electron chi connectivity index (χ1n) is 8.98. The normalized spacial score (nSPS) is 15.6. The van der Waals surface area contributed by atoms with Crippen molar-refractivity contribution in [3.05, 3.63) is 59.7 Å². The van der Waals surface area contributed by atoms with Crippen molar-refractivity contribution in [2.24, 2.45) is 0 Å². The number of hydrogen-bond donors (Lipinski definition) is 0. The molecular weight excluding hydrogens is 364 g/mol. The first-order chi connectivity index (χ1) is 13.0. The van der Waals surface area contributed by atoms with Gasteiger partial charge < -0.3 is 9.64 Å². The Morgan fingerprint density at radius 3 is 2.07 bits per heavy atom. The van der Waals surface area contributed by atoms with E-state index in [4.69, 9.17) is 4.74 Å². The molecule has 6 nitrogen and oxygen atoms in total. The molecule has 0 radical (unpaired) electrons. The molecule has 0 aliphatic carbocycles. The fourth-order valence-electron chi connectivity index (χ4n) is 3.16. The number of sulfonamides is 1. The van der Waals surface area contributed by atoms with Gasteiger partial charge in [0, 0.05) is 31.9 Å². The van der Waals surface area contributed by atoms with Crippen LogP contribution in [0.2, 0.25) is 0 Å². The molecule has 0 amide bonds. The van der Waals surface area contributed by atoms with Crippen LogP contribution in [0.1, 0.15) is 22.8 Å². The molecule has 27 heavy (non-hydrogen) atoms. The molecular formula is C20H24N2O4S. The van der Waals surface area contributed by atoms with Gasteiger partial charge in [-0.1, -0.05) is 19.1 Å². The van der Waals surface area contributed by atoms with Crippen molar-refractivity contribution in [2.75, 3.05) is 38.2 Å². The third-order valence-electron chi connectivity index (χ3n) is 4.86. The second kappa shape index (κ2) is 8.10. The molecule has 3 rings (SSSR count). The molecule has 0 atom stereocenters. The van der Waals surface area contributed by atoms with Gasteiger partial charge in [0.2, 0.25) is 10.0 Å². The van der Waals surface area contributed by atoms with Gasteiger partial charge in [-0.25, -0.2) is 13.2 Å². The smallest absolute Gasteiger partial charge is 0.337 e. The summed E-state index contributed by atoms with van der Waals surface area (Å²) < 4.78 is 31.9. The Morgan fingerprint density at radius 1 is 0.963 bits per heavy atom. The topological polar surface area (TPSA) is 66.9 Å². The molecule has 2 aromatic carbocycles. The summed E-state index contributed by atoms with van der Waals surface area (Å²) in [6.07, 6.45) is 0.883. The number of ether oxygens (including phenoxy) is 1. The number of anilines is 1. The van der Waals surface area contributed by atoms with Crippen molar-refractivity contribution in [2.45, 2.75) is 18.2 Å². The van der Waals surface area contributed by atoms with E-state index in [0.717, 1.165) is 17.7 Å². The molecule has 0 unspecified atom stereocenters. The summed E-state index contributed by atoms with van der Waals surface area (Å²) in [6, 6.07) is 14.3. The Balaban J connectivity index is 1.66. The van der Waals surface area contributed by atoms with E-state index in [1.54, 1.807) is 24.3 Å². The maximum absolute atomic E-state index is 12.8. The SMILES string of the molecule is CCc1ccc(S(=O)(=O)N2CCN(c3ccc(C(=O)OC)cc3)CC2)cc1. The van der Waals surface area contributed by atoms with Crippen LogP contribution < -0.4 is 4.90 Å². The van der Waals surface area contributed by atoms with Crippen LogP contribution in [0.3, 0.4) is 0 Å². The van der Waals surface area contributed by atoms with Crippen LogP contribution in [0.5, 0.6) is 0 Å². The Morgan fingerprint density at radius 2 is 1.56 bits per heavy atom. The number of carbonyl (C=O) groups is 1. The predicted molar refractivity (Wildman–Crippen MR) is 105 cm³/mol. The van der Waals surface area contributed by atoms with Gasteiger partial charge >= 0.3 is 5.97 Å². The fourth-order valence-corrected chi connectivity index (χ4v) is 4.58. The Hall–Kier alpha value is -2.38. The summed E-state index contributed by atoms with van der Waals surface area (Å²) in [5.74, 6) is -0.369. The highest BCUT2D eigenvalue weighted by Crippen LogP contribution is 2.22. The van der Waals surface area contributed by atoms with Crippen molar-refractivity contribution < 1.29 is 17.9 Å². The largest absolute Gasteiger partial charge is 0.465 e. The lowest BCUT2D eigenvalue weighted by Gasteiger charge is -2.35. The molecule has 0 saturated carbocycles. The number of piperazine rings is 1. The number of hydrogen-bond acceptors (Lipinski definition) is 5. The highest BCUT2D eigenvalue weighted by Gasteiger charge is 2.28. The first-order valence-corrected chi connectivity index (χ1v) is 10.4. The lowest BCUT2D eigenvalue weighted by molar-refractivity contribution is 0.0600. The molecule has 1 heterocycles. The average Bonchev–Trinajstić information content (AvgIpc) is 2.73. The van der Waals surface area contributed by atoms with E-state index >= 15 is 0 Å². The van der Waals surface area contributed by atoms with Gasteiger partial charge in [-0.3, -0.25) is 0 Å². The van der Waals surface area contributed by atoms with Crippen LogP contribution in [0.15, 0.2) is 53.4 Å². The van der Waals surface area contributed by atoms with Crippen LogP contribution >= 0.6 is 0 Å². The third kappa shape index (κ3) is 4.14. The molecule has 0 spiro atoms. The molecule has 1 fully saturated rings. The number of rotatable bonds is 5. The number of aryl methyl sites for hydroxylation is 1. The summed E-state index contributed by atoms with van der Waals surface area (Å²) in [5, 5.41) is 0. The van der Waals surface area contributed by atoms with Crippen molar-refractivity contribution >= 4 is 21.7 Å². The van der Waals surface area contributed by atoms with Crippen LogP contribution in [0.25, 0.3) is 0 Å². The fraction of sp³-hybridized carbons (Fsp3) is 0.350. The zero-order chi connectivity index (χ0) is 19.4. The predicted octanol–water partition coefficient (Wildman–Crippen LogP) is 2.55. The number of methoxy groups -OCH3 is 1. The summed E-state index contributed by atoms with van der Waals surface area (Å²) in [4.78, 5) is 14.0. The quantitative estimate of drug-likeness (QED) is 0.737. The van der Waals surface area contributed by atoms with E-state index in [0.29, 0.717) is 36.6 Å². The summed E-state index contributed by atoms with van der Waals surface area (Å²) >= 11 is 0. The second-order valence-electron chi connectivity index (χ2n) is 6.43. The van der Waals surface area contributed by atoms with E-state index < -0.39 is 10.0 Å². The highest BCUT2D eigenvalue weighted by atomic mass is 32.2. The zero-order valence-corrected chi connectivity index (χ0v) is 16.4. The zero-order valence-electron chi connectivity index (χ0n) is 15.6. The molecule has 7 heteroatoms. The van der Waals surface area contributed by atoms with Crippen LogP contribution in [0.4, 0.5) is 5.69 Å². The van der Waals surface area contributed by atoms with Crippen molar-refractivity contribution in [3.63, 3.8) is 0 Å². The summed E-state index contributed by atoms with van der Waals surface area (Å²) in [7, 11) is -2.12. The van der Waals surface area contributed by atoms with E-state index in [1.807, 2.05) is 31.2 Å². The summed E-state index contributed by atoms with van der Waals surface area (Å²) in [6.45, 7) is 4.10. The molecule has 144 valence electrons. The number of nitrogens with zero attached hydrogens (tertiary/aromatic N) is 2. The Bertz CT molecular complexity index is 885. The van der Waals surface area contributed by atoms with E-state index in [2.05, 4.69) is 4.90 Å². The van der Waals surface area contributed by atoms with Crippen LogP contribution in [0, 0.1) is 0 Å². The monoisotopic (exact) mass is 388 g/mol. The number of benzene rings is 2. The molecule has 1 aliphatic rings. The van der Waals surface area contributed by atoms with Crippen LogP contribution in [-0.4, -0.2) is 52.0 Å². The second-order valence-corrected chi connectivity index (χ2v) is 8.37. The number of esters is 1. The molecule has 1 saturated heterocycles. The third-order valence-corrected chi connectivity index (χ3v) is 6.77. The molecule has 0 N–H and O–H groups in total. The minimum atomic E-state index is -3.47. The van der Waals surface area contributed by atoms with Gasteiger partial charge in [-0.15, -0.1) is 0 Å². The van der Waals surface area contributed by atoms with Gasteiger partial charge in [0.25, 0.3) is 0 Å². The molecule has 0 aromatic heterocycles. The van der Waals surface area contributed by atoms with Crippen molar-refractivity contribution in [3.8, 4) is 0 Å².